The Morgan fingerprint density at radius 3 is 2.09 bits per heavy atom. The highest BCUT2D eigenvalue weighted by Gasteiger charge is 2.47. The zero-order valence-corrected chi connectivity index (χ0v) is 19.5. The predicted molar refractivity (Wildman–Crippen MR) is 125 cm³/mol. The number of nitrogens with zero attached hydrogens (tertiary/aromatic N) is 1. The summed E-state index contributed by atoms with van der Waals surface area (Å²) in [5.41, 5.74) is 0.391. The van der Waals surface area contributed by atoms with Crippen LogP contribution in [0, 0.1) is 0 Å². The van der Waals surface area contributed by atoms with Crippen molar-refractivity contribution in [3.63, 3.8) is 0 Å². The van der Waals surface area contributed by atoms with Gasteiger partial charge in [0.1, 0.15) is 5.54 Å². The highest BCUT2D eigenvalue weighted by molar-refractivity contribution is 6.07. The van der Waals surface area contributed by atoms with Crippen molar-refractivity contribution in [3.8, 4) is 0 Å². The van der Waals surface area contributed by atoms with Gasteiger partial charge in [0, 0.05) is 11.1 Å². The number of carbonyl (C=O) groups excluding carboxylic acids is 2. The number of rotatable bonds is 4. The fraction of sp³-hybridized carbons (Fsp3) is 0.692. The van der Waals surface area contributed by atoms with Crippen LogP contribution in [0.2, 0.25) is 0 Å². The number of carboxylic acid groups (broad SMARTS) is 1. The minimum Gasteiger partial charge on any atom is -0.480 e. The average molecular weight is 457 g/mol. The quantitative estimate of drug-likeness (QED) is 0.594. The summed E-state index contributed by atoms with van der Waals surface area (Å²) in [6.07, 6.45) is 19.2. The minimum absolute atomic E-state index is 0.102. The van der Waals surface area contributed by atoms with E-state index in [2.05, 4.69) is 16.4 Å². The Morgan fingerprint density at radius 1 is 0.879 bits per heavy atom. The second kappa shape index (κ2) is 10.2. The van der Waals surface area contributed by atoms with Crippen molar-refractivity contribution in [2.24, 2.45) is 4.99 Å². The van der Waals surface area contributed by atoms with Gasteiger partial charge in [-0.05, 0) is 64.2 Å². The molecule has 0 unspecified atom stereocenters. The van der Waals surface area contributed by atoms with Gasteiger partial charge in [-0.25, -0.2) is 14.6 Å². The Bertz CT molecular complexity index is 873. The fourth-order valence-electron chi connectivity index (χ4n) is 5.62. The van der Waals surface area contributed by atoms with Crippen molar-refractivity contribution in [2.45, 2.75) is 114 Å². The molecule has 4 aliphatic carbocycles. The SMILES string of the molecule is O=C(NC1(C(=O)O)CCCCC1)C1=CCCC1.O=C1OC(C2=CCCC2)=NC12CCCCC2. The molecule has 5 aliphatic rings. The summed E-state index contributed by atoms with van der Waals surface area (Å²) in [6, 6.07) is 0. The third-order valence-corrected chi connectivity index (χ3v) is 7.68. The molecule has 2 fully saturated rings. The predicted octanol–water partition coefficient (Wildman–Crippen LogP) is 4.76. The van der Waals surface area contributed by atoms with Gasteiger partial charge in [-0.1, -0.05) is 50.7 Å². The van der Waals surface area contributed by atoms with E-state index < -0.39 is 17.0 Å². The van der Waals surface area contributed by atoms with Crippen LogP contribution >= 0.6 is 0 Å². The summed E-state index contributed by atoms with van der Waals surface area (Å²) in [6.45, 7) is 0. The van der Waals surface area contributed by atoms with Gasteiger partial charge in [-0.3, -0.25) is 4.79 Å². The number of allylic oxidation sites excluding steroid dienone is 2. The fourth-order valence-corrected chi connectivity index (χ4v) is 5.62. The number of esters is 1. The van der Waals surface area contributed by atoms with Crippen molar-refractivity contribution < 1.29 is 24.2 Å². The molecule has 0 radical (unpaired) electrons. The van der Waals surface area contributed by atoms with Crippen LogP contribution < -0.4 is 5.32 Å². The number of aliphatic carboxylic acids is 1. The van der Waals surface area contributed by atoms with E-state index in [4.69, 9.17) is 4.74 Å². The highest BCUT2D eigenvalue weighted by Crippen LogP contribution is 2.38. The van der Waals surface area contributed by atoms with Crippen LogP contribution in [0.5, 0.6) is 0 Å². The average Bonchev–Trinajstić information content (AvgIpc) is 3.59. The number of amides is 1. The van der Waals surface area contributed by atoms with Crippen LogP contribution in [-0.4, -0.2) is 39.9 Å². The van der Waals surface area contributed by atoms with Gasteiger partial charge in [0.2, 0.25) is 11.8 Å². The zero-order valence-electron chi connectivity index (χ0n) is 19.5. The monoisotopic (exact) mass is 456 g/mol. The van der Waals surface area contributed by atoms with Gasteiger partial charge in [0.05, 0.1) is 0 Å². The minimum atomic E-state index is -1.02. The number of hydrogen-bond donors (Lipinski definition) is 2. The van der Waals surface area contributed by atoms with E-state index in [-0.39, 0.29) is 11.9 Å². The van der Waals surface area contributed by atoms with Gasteiger partial charge in [-0.15, -0.1) is 0 Å². The largest absolute Gasteiger partial charge is 0.480 e. The van der Waals surface area contributed by atoms with E-state index in [0.717, 1.165) is 88.2 Å². The van der Waals surface area contributed by atoms with Crippen LogP contribution in [0.15, 0.2) is 28.3 Å². The van der Waals surface area contributed by atoms with Crippen LogP contribution in [0.4, 0.5) is 0 Å². The first-order valence-electron chi connectivity index (χ1n) is 12.7. The molecular formula is C26H36N2O5. The first kappa shape index (κ1) is 23.7. The number of cyclic esters (lactones) is 1. The van der Waals surface area contributed by atoms with Gasteiger partial charge in [-0.2, -0.15) is 0 Å². The molecule has 0 aromatic heterocycles. The Balaban J connectivity index is 0.000000157. The molecule has 7 heteroatoms. The summed E-state index contributed by atoms with van der Waals surface area (Å²) >= 11 is 0. The molecule has 1 aliphatic heterocycles. The van der Waals surface area contributed by atoms with Crippen LogP contribution in [-0.2, 0) is 19.1 Å². The number of carbonyl (C=O) groups is 3. The maximum atomic E-state index is 12.0. The zero-order chi connectivity index (χ0) is 23.3. The Hall–Kier alpha value is -2.44. The Labute approximate surface area is 195 Å². The third-order valence-electron chi connectivity index (χ3n) is 7.68. The first-order valence-corrected chi connectivity index (χ1v) is 12.7. The van der Waals surface area contributed by atoms with E-state index in [0.29, 0.717) is 18.7 Å². The van der Waals surface area contributed by atoms with Crippen LogP contribution in [0.3, 0.4) is 0 Å². The molecule has 5 rings (SSSR count). The van der Waals surface area contributed by atoms with Gasteiger partial charge in [0.15, 0.2) is 5.54 Å². The smallest absolute Gasteiger partial charge is 0.340 e. The summed E-state index contributed by atoms with van der Waals surface area (Å²) in [4.78, 5) is 39.9. The second-order valence-electron chi connectivity index (χ2n) is 10.0. The van der Waals surface area contributed by atoms with Crippen molar-refractivity contribution in [1.82, 2.24) is 5.32 Å². The molecule has 0 bridgehead atoms. The maximum Gasteiger partial charge on any atom is 0.340 e. The van der Waals surface area contributed by atoms with Crippen molar-refractivity contribution in [2.75, 3.05) is 0 Å². The van der Waals surface area contributed by atoms with E-state index in [9.17, 15) is 19.5 Å². The van der Waals surface area contributed by atoms with Gasteiger partial charge >= 0.3 is 11.9 Å². The molecule has 0 aromatic carbocycles. The molecule has 7 nitrogen and oxygen atoms in total. The number of nitrogens with one attached hydrogen (secondary N) is 1. The lowest BCUT2D eigenvalue weighted by molar-refractivity contribution is -0.148. The highest BCUT2D eigenvalue weighted by atomic mass is 16.6. The van der Waals surface area contributed by atoms with E-state index in [1.807, 2.05) is 6.08 Å². The molecule has 1 amide bonds. The molecular weight excluding hydrogens is 420 g/mol. The first-order chi connectivity index (χ1) is 15.9. The lowest BCUT2D eigenvalue weighted by Crippen LogP contribution is -2.55. The second-order valence-corrected chi connectivity index (χ2v) is 10.0. The van der Waals surface area contributed by atoms with Crippen LogP contribution in [0.1, 0.15) is 103 Å². The summed E-state index contributed by atoms with van der Waals surface area (Å²) in [7, 11) is 0. The molecule has 0 aromatic rings. The summed E-state index contributed by atoms with van der Waals surface area (Å²) in [5, 5.41) is 12.1. The van der Waals surface area contributed by atoms with E-state index in [1.165, 1.54) is 12.8 Å². The normalized spacial score (nSPS) is 25.3. The van der Waals surface area contributed by atoms with Crippen molar-refractivity contribution in [3.05, 3.63) is 23.3 Å². The number of aliphatic imine (C=N–C) groups is 1. The molecule has 2 saturated carbocycles. The van der Waals surface area contributed by atoms with Crippen molar-refractivity contribution >= 4 is 23.7 Å². The van der Waals surface area contributed by atoms with E-state index >= 15 is 0 Å². The molecule has 1 heterocycles. The lowest BCUT2D eigenvalue weighted by Gasteiger charge is -2.34. The number of hydrogen-bond acceptors (Lipinski definition) is 5. The molecule has 180 valence electrons. The van der Waals surface area contributed by atoms with Gasteiger partial charge < -0.3 is 15.2 Å². The Kier molecular flexibility index (Phi) is 7.35. The lowest BCUT2D eigenvalue weighted by atomic mass is 9.81. The van der Waals surface area contributed by atoms with Crippen LogP contribution in [0.25, 0.3) is 0 Å². The van der Waals surface area contributed by atoms with Crippen molar-refractivity contribution in [1.29, 1.82) is 0 Å². The third kappa shape index (κ3) is 5.22. The standard InChI is InChI=1S/C13H19NO3.C13H17NO2/c15-11(10-6-2-3-7-10)14-13(12(16)17)8-4-1-5-9-13;15-12-13(8-4-1-5-9-13)14-11(16-12)10-6-2-3-7-10/h6H,1-5,7-9H2,(H,14,15)(H,16,17);6H,1-5,7-9H2. The molecule has 33 heavy (non-hydrogen) atoms. The van der Waals surface area contributed by atoms with Gasteiger partial charge in [0.25, 0.3) is 0 Å². The topological polar surface area (TPSA) is 105 Å². The number of ether oxygens (including phenoxy) is 1. The summed E-state index contributed by atoms with van der Waals surface area (Å²) in [5.74, 6) is -0.532. The molecule has 1 spiro atoms. The molecule has 0 saturated heterocycles. The molecule has 0 atom stereocenters. The Morgan fingerprint density at radius 2 is 1.52 bits per heavy atom. The number of carboxylic acids is 1. The maximum absolute atomic E-state index is 12.0. The summed E-state index contributed by atoms with van der Waals surface area (Å²) < 4.78 is 5.38. The van der Waals surface area contributed by atoms with E-state index in [1.54, 1.807) is 0 Å². The molecule has 2 N–H and O–H groups in total.